The number of benzene rings is 2. The third kappa shape index (κ3) is 4.21. The zero-order chi connectivity index (χ0) is 24.5. The van der Waals surface area contributed by atoms with Gasteiger partial charge in [0.1, 0.15) is 24.0 Å². The molecule has 7 nitrogen and oxygen atoms in total. The molecule has 1 unspecified atom stereocenters. The van der Waals surface area contributed by atoms with Gasteiger partial charge >= 0.3 is 5.69 Å². The lowest BCUT2D eigenvalue weighted by Crippen LogP contribution is -2.31. The summed E-state index contributed by atoms with van der Waals surface area (Å²) in [6.45, 7) is 4.39. The lowest BCUT2D eigenvalue weighted by molar-refractivity contribution is -0.125. The van der Waals surface area contributed by atoms with E-state index in [1.54, 1.807) is 56.8 Å². The number of halogens is 2. The van der Waals surface area contributed by atoms with E-state index in [1.807, 2.05) is 0 Å². The molecule has 1 atom stereocenters. The zero-order valence-corrected chi connectivity index (χ0v) is 18.7. The van der Waals surface area contributed by atoms with Gasteiger partial charge in [-0.2, -0.15) is 0 Å². The van der Waals surface area contributed by atoms with Gasteiger partial charge in [0.05, 0.1) is 29.0 Å². The van der Waals surface area contributed by atoms with Gasteiger partial charge in [-0.25, -0.2) is 13.6 Å². The van der Waals surface area contributed by atoms with E-state index in [-0.39, 0.29) is 29.8 Å². The Labute approximate surface area is 199 Å². The standard InChI is InChI=1S/C26H22F2N4O3/c1-2-25(33)30-12-10-20(15-30)32-23-9-11-29-14-24(23)31(26(32)34)19-4-6-21(7-5-19)35-16-17-13-18(27)3-8-22(17)28/h2-9,11,13-14,20H,1,10,12,15-16H2. The van der Waals surface area contributed by atoms with Gasteiger partial charge in [-0.1, -0.05) is 6.58 Å². The molecular weight excluding hydrogens is 454 g/mol. The van der Waals surface area contributed by atoms with Crippen LogP contribution in [0, 0.1) is 11.6 Å². The smallest absolute Gasteiger partial charge is 0.334 e. The fraction of sp³-hybridized carbons (Fsp3) is 0.192. The lowest BCUT2D eigenvalue weighted by Gasteiger charge is -2.15. The summed E-state index contributed by atoms with van der Waals surface area (Å²) in [5.74, 6) is -0.791. The molecule has 1 saturated heterocycles. The number of hydrogen-bond donors (Lipinski definition) is 0. The molecule has 1 aliphatic heterocycles. The van der Waals surface area contributed by atoms with E-state index in [2.05, 4.69) is 11.6 Å². The molecule has 0 radical (unpaired) electrons. The number of amides is 1. The minimum Gasteiger partial charge on any atom is -0.489 e. The number of hydrogen-bond acceptors (Lipinski definition) is 4. The summed E-state index contributed by atoms with van der Waals surface area (Å²) in [5.41, 5.74) is 1.85. The van der Waals surface area contributed by atoms with E-state index in [0.717, 1.165) is 23.7 Å². The first-order valence-electron chi connectivity index (χ1n) is 11.1. The summed E-state index contributed by atoms with van der Waals surface area (Å²) in [6.07, 6.45) is 5.20. The van der Waals surface area contributed by atoms with E-state index in [9.17, 15) is 18.4 Å². The van der Waals surface area contributed by atoms with Gasteiger partial charge < -0.3 is 9.64 Å². The molecule has 1 fully saturated rings. The molecule has 0 spiro atoms. The molecule has 5 rings (SSSR count). The van der Waals surface area contributed by atoms with E-state index < -0.39 is 11.6 Å². The van der Waals surface area contributed by atoms with Crippen molar-refractivity contribution in [1.82, 2.24) is 19.0 Å². The van der Waals surface area contributed by atoms with Crippen LogP contribution in [-0.4, -0.2) is 38.0 Å². The molecule has 4 aromatic rings. The molecule has 1 amide bonds. The second-order valence-corrected chi connectivity index (χ2v) is 8.30. The average molecular weight is 476 g/mol. The molecule has 35 heavy (non-hydrogen) atoms. The first-order chi connectivity index (χ1) is 17.0. The number of aromatic nitrogens is 3. The van der Waals surface area contributed by atoms with Crippen LogP contribution >= 0.6 is 0 Å². The predicted octanol–water partition coefficient (Wildman–Crippen LogP) is 4.00. The normalized spacial score (nSPS) is 15.5. The van der Waals surface area contributed by atoms with Crippen LogP contribution in [0.3, 0.4) is 0 Å². The monoisotopic (exact) mass is 476 g/mol. The average Bonchev–Trinajstić information content (AvgIpc) is 3.46. The number of rotatable bonds is 6. The second kappa shape index (κ2) is 9.17. The highest BCUT2D eigenvalue weighted by Gasteiger charge is 2.29. The molecule has 0 bridgehead atoms. The van der Waals surface area contributed by atoms with Crippen molar-refractivity contribution in [3.05, 3.63) is 101 Å². The Kier molecular flexibility index (Phi) is 5.90. The van der Waals surface area contributed by atoms with Gasteiger partial charge in [0.25, 0.3) is 0 Å². The third-order valence-electron chi connectivity index (χ3n) is 6.19. The van der Waals surface area contributed by atoms with Gasteiger partial charge in [-0.15, -0.1) is 0 Å². The molecule has 0 aliphatic carbocycles. The SMILES string of the molecule is C=CC(=O)N1CCC(n2c(=O)n(-c3ccc(OCc4cc(F)ccc4F)cc3)c3cnccc32)C1. The highest BCUT2D eigenvalue weighted by Crippen LogP contribution is 2.27. The molecule has 0 N–H and O–H groups in total. The summed E-state index contributed by atoms with van der Waals surface area (Å²) in [6, 6.07) is 11.6. The first kappa shape index (κ1) is 22.5. The number of ether oxygens (including phenoxy) is 1. The van der Waals surface area contributed by atoms with Crippen LogP contribution in [0.5, 0.6) is 5.75 Å². The van der Waals surface area contributed by atoms with Gasteiger partial charge in [0.15, 0.2) is 0 Å². The van der Waals surface area contributed by atoms with E-state index in [1.165, 1.54) is 6.08 Å². The Morgan fingerprint density at radius 1 is 1.14 bits per heavy atom. The molecule has 178 valence electrons. The summed E-state index contributed by atoms with van der Waals surface area (Å²) in [5, 5.41) is 0. The quantitative estimate of drug-likeness (QED) is 0.395. The summed E-state index contributed by atoms with van der Waals surface area (Å²) < 4.78 is 36.1. The first-order valence-corrected chi connectivity index (χ1v) is 11.1. The maximum Gasteiger partial charge on any atom is 0.334 e. The van der Waals surface area contributed by atoms with Crippen LogP contribution in [0.25, 0.3) is 16.7 Å². The Morgan fingerprint density at radius 3 is 2.71 bits per heavy atom. The van der Waals surface area contributed by atoms with Crippen molar-refractivity contribution in [2.75, 3.05) is 13.1 Å². The molecular formula is C26H22F2N4O3. The van der Waals surface area contributed by atoms with Crippen molar-refractivity contribution in [3.63, 3.8) is 0 Å². The van der Waals surface area contributed by atoms with E-state index in [0.29, 0.717) is 36.5 Å². The van der Waals surface area contributed by atoms with Gasteiger partial charge in [0, 0.05) is 24.8 Å². The van der Waals surface area contributed by atoms with Gasteiger partial charge in [-0.05, 0) is 61.0 Å². The topological polar surface area (TPSA) is 69.4 Å². The molecule has 3 heterocycles. The van der Waals surface area contributed by atoms with Crippen molar-refractivity contribution in [2.24, 2.45) is 0 Å². The number of carbonyl (C=O) groups is 1. The van der Waals surface area contributed by atoms with Crippen molar-refractivity contribution in [2.45, 2.75) is 19.1 Å². The lowest BCUT2D eigenvalue weighted by atomic mass is 10.2. The highest BCUT2D eigenvalue weighted by atomic mass is 19.1. The fourth-order valence-corrected chi connectivity index (χ4v) is 4.46. The van der Waals surface area contributed by atoms with Crippen LogP contribution in [0.4, 0.5) is 8.78 Å². The minimum absolute atomic E-state index is 0.111. The number of pyridine rings is 1. The number of fused-ring (bicyclic) bond motifs is 1. The molecule has 1 aliphatic rings. The number of imidazole rings is 1. The minimum atomic E-state index is -0.546. The Morgan fingerprint density at radius 2 is 1.94 bits per heavy atom. The van der Waals surface area contributed by atoms with E-state index in [4.69, 9.17) is 4.74 Å². The van der Waals surface area contributed by atoms with Crippen LogP contribution in [0.15, 0.2) is 78.4 Å². The van der Waals surface area contributed by atoms with Crippen LogP contribution in [-0.2, 0) is 11.4 Å². The van der Waals surface area contributed by atoms with Crippen molar-refractivity contribution < 1.29 is 18.3 Å². The summed E-state index contributed by atoms with van der Waals surface area (Å²) >= 11 is 0. The largest absolute Gasteiger partial charge is 0.489 e. The Balaban J connectivity index is 1.44. The molecule has 0 saturated carbocycles. The van der Waals surface area contributed by atoms with E-state index >= 15 is 0 Å². The second-order valence-electron chi connectivity index (χ2n) is 8.30. The summed E-state index contributed by atoms with van der Waals surface area (Å²) in [7, 11) is 0. The molecule has 2 aromatic heterocycles. The fourth-order valence-electron chi connectivity index (χ4n) is 4.46. The van der Waals surface area contributed by atoms with Crippen molar-refractivity contribution in [3.8, 4) is 11.4 Å². The van der Waals surface area contributed by atoms with Crippen LogP contribution < -0.4 is 10.4 Å². The molecule has 9 heteroatoms. The van der Waals surface area contributed by atoms with Crippen LogP contribution in [0.2, 0.25) is 0 Å². The Hall–Kier alpha value is -4.27. The van der Waals surface area contributed by atoms with Gasteiger partial charge in [0.2, 0.25) is 5.91 Å². The zero-order valence-electron chi connectivity index (χ0n) is 18.7. The maximum atomic E-state index is 13.9. The number of carbonyl (C=O) groups excluding carboxylic acids is 1. The van der Waals surface area contributed by atoms with Crippen molar-refractivity contribution >= 4 is 16.9 Å². The molecule has 2 aromatic carbocycles. The third-order valence-corrected chi connectivity index (χ3v) is 6.19. The number of likely N-dealkylation sites (tertiary alicyclic amines) is 1. The number of nitrogens with zero attached hydrogens (tertiary/aromatic N) is 4. The predicted molar refractivity (Wildman–Crippen MR) is 126 cm³/mol. The Bertz CT molecular complexity index is 1480. The highest BCUT2D eigenvalue weighted by molar-refractivity contribution is 5.87. The maximum absolute atomic E-state index is 13.9. The summed E-state index contributed by atoms with van der Waals surface area (Å²) in [4.78, 5) is 31.5. The van der Waals surface area contributed by atoms with Crippen LogP contribution in [0.1, 0.15) is 18.0 Å². The van der Waals surface area contributed by atoms with Crippen molar-refractivity contribution in [1.29, 1.82) is 0 Å². The van der Waals surface area contributed by atoms with Gasteiger partial charge in [-0.3, -0.25) is 18.9 Å².